The molecule has 6 heteroatoms. The minimum absolute atomic E-state index is 0.122. The van der Waals surface area contributed by atoms with Gasteiger partial charge in [-0.15, -0.1) is 0 Å². The second kappa shape index (κ2) is 6.47. The summed E-state index contributed by atoms with van der Waals surface area (Å²) in [4.78, 5) is 38.4. The first-order chi connectivity index (χ1) is 10.0. The number of hydrogen-bond donors (Lipinski definition) is 0. The Morgan fingerprint density at radius 2 is 1.67 bits per heavy atom. The van der Waals surface area contributed by atoms with Crippen LogP contribution in [-0.4, -0.2) is 53.6 Å². The van der Waals surface area contributed by atoms with Crippen LogP contribution in [0.4, 0.5) is 4.39 Å². The van der Waals surface area contributed by atoms with E-state index in [0.717, 1.165) is 0 Å². The van der Waals surface area contributed by atoms with Gasteiger partial charge in [0.2, 0.25) is 0 Å². The molecule has 0 bridgehead atoms. The molecule has 0 spiro atoms. The van der Waals surface area contributed by atoms with Crippen molar-refractivity contribution in [2.75, 3.05) is 26.2 Å². The molecule has 0 aromatic heterocycles. The van der Waals surface area contributed by atoms with Gasteiger partial charge >= 0.3 is 11.8 Å². The Bertz CT molecular complexity index is 557. The maximum atomic E-state index is 12.8. The van der Waals surface area contributed by atoms with Crippen LogP contribution < -0.4 is 0 Å². The maximum Gasteiger partial charge on any atom is 0.312 e. The van der Waals surface area contributed by atoms with Gasteiger partial charge in [0.05, 0.1) is 0 Å². The molecule has 0 aliphatic carbocycles. The van der Waals surface area contributed by atoms with Crippen LogP contribution in [0.1, 0.15) is 23.7 Å². The molecule has 1 heterocycles. The van der Waals surface area contributed by atoms with Crippen molar-refractivity contribution in [2.45, 2.75) is 13.3 Å². The van der Waals surface area contributed by atoms with Gasteiger partial charge in [-0.05, 0) is 31.2 Å². The summed E-state index contributed by atoms with van der Waals surface area (Å²) < 4.78 is 12.8. The summed E-state index contributed by atoms with van der Waals surface area (Å²) in [6.07, 6.45) is 0.122. The first-order valence-corrected chi connectivity index (χ1v) is 6.90. The van der Waals surface area contributed by atoms with Crippen LogP contribution in [0.2, 0.25) is 0 Å². The first kappa shape index (κ1) is 15.2. The SMILES string of the molecule is CCN1CCN(CCC(=O)c2ccc(F)cc2)C(=O)C1=O. The van der Waals surface area contributed by atoms with Gasteiger partial charge in [-0.25, -0.2) is 4.39 Å². The Labute approximate surface area is 122 Å². The number of Topliss-reactive ketones (excluding diaryl/α,β-unsaturated/α-hetero) is 1. The van der Waals surface area contributed by atoms with E-state index in [1.807, 2.05) is 6.92 Å². The number of ketones is 1. The molecule has 1 aromatic carbocycles. The molecular weight excluding hydrogens is 275 g/mol. The van der Waals surface area contributed by atoms with E-state index < -0.39 is 17.6 Å². The fourth-order valence-electron chi connectivity index (χ4n) is 2.25. The molecule has 1 saturated heterocycles. The number of rotatable bonds is 5. The molecule has 112 valence electrons. The van der Waals surface area contributed by atoms with E-state index in [9.17, 15) is 18.8 Å². The van der Waals surface area contributed by atoms with Gasteiger partial charge in [-0.1, -0.05) is 0 Å². The third kappa shape index (κ3) is 3.45. The molecule has 0 atom stereocenters. The number of hydrogen-bond acceptors (Lipinski definition) is 3. The minimum atomic E-state index is -0.560. The molecule has 2 rings (SSSR count). The molecule has 2 amide bonds. The summed E-state index contributed by atoms with van der Waals surface area (Å²) in [6, 6.07) is 5.28. The van der Waals surface area contributed by atoms with Crippen LogP contribution in [0.3, 0.4) is 0 Å². The van der Waals surface area contributed by atoms with Gasteiger partial charge in [0, 0.05) is 38.2 Å². The summed E-state index contributed by atoms with van der Waals surface area (Å²) >= 11 is 0. The number of amides is 2. The zero-order chi connectivity index (χ0) is 15.4. The lowest BCUT2D eigenvalue weighted by atomic mass is 10.1. The van der Waals surface area contributed by atoms with E-state index in [-0.39, 0.29) is 18.7 Å². The summed E-state index contributed by atoms with van der Waals surface area (Å²) in [5.41, 5.74) is 0.405. The van der Waals surface area contributed by atoms with E-state index in [2.05, 4.69) is 0 Å². The Morgan fingerprint density at radius 3 is 2.29 bits per heavy atom. The second-order valence-corrected chi connectivity index (χ2v) is 4.86. The molecule has 0 unspecified atom stereocenters. The average Bonchev–Trinajstić information content (AvgIpc) is 2.49. The van der Waals surface area contributed by atoms with Crippen LogP contribution in [-0.2, 0) is 9.59 Å². The van der Waals surface area contributed by atoms with Crippen molar-refractivity contribution in [3.05, 3.63) is 35.6 Å². The van der Waals surface area contributed by atoms with Crippen molar-refractivity contribution in [3.8, 4) is 0 Å². The number of piperazine rings is 1. The summed E-state index contributed by atoms with van der Waals surface area (Å²) in [6.45, 7) is 3.46. The van der Waals surface area contributed by atoms with E-state index in [4.69, 9.17) is 0 Å². The Balaban J connectivity index is 1.91. The van der Waals surface area contributed by atoms with E-state index in [1.165, 1.54) is 34.1 Å². The van der Waals surface area contributed by atoms with Crippen LogP contribution in [0, 0.1) is 5.82 Å². The van der Waals surface area contributed by atoms with Gasteiger partial charge in [0.15, 0.2) is 5.78 Å². The number of benzene rings is 1. The van der Waals surface area contributed by atoms with E-state index >= 15 is 0 Å². The van der Waals surface area contributed by atoms with Crippen molar-refractivity contribution < 1.29 is 18.8 Å². The number of likely N-dealkylation sites (N-methyl/N-ethyl adjacent to an activating group) is 1. The molecular formula is C15H17FN2O3. The van der Waals surface area contributed by atoms with Crippen molar-refractivity contribution in [2.24, 2.45) is 0 Å². The quantitative estimate of drug-likeness (QED) is 0.603. The largest absolute Gasteiger partial charge is 0.333 e. The predicted molar refractivity (Wildman–Crippen MR) is 74.2 cm³/mol. The molecule has 5 nitrogen and oxygen atoms in total. The third-order valence-electron chi connectivity index (χ3n) is 3.55. The lowest BCUT2D eigenvalue weighted by Gasteiger charge is -2.32. The van der Waals surface area contributed by atoms with Crippen molar-refractivity contribution in [1.29, 1.82) is 0 Å². The Kier molecular flexibility index (Phi) is 4.67. The van der Waals surface area contributed by atoms with Crippen molar-refractivity contribution >= 4 is 17.6 Å². The molecule has 1 fully saturated rings. The highest BCUT2D eigenvalue weighted by Crippen LogP contribution is 2.09. The Hall–Kier alpha value is -2.24. The lowest BCUT2D eigenvalue weighted by molar-refractivity contribution is -0.155. The zero-order valence-electron chi connectivity index (χ0n) is 11.8. The number of halogens is 1. The fraction of sp³-hybridized carbons (Fsp3) is 0.400. The average molecular weight is 292 g/mol. The molecule has 1 aromatic rings. The minimum Gasteiger partial charge on any atom is -0.333 e. The van der Waals surface area contributed by atoms with Gasteiger partial charge in [-0.3, -0.25) is 14.4 Å². The topological polar surface area (TPSA) is 57.7 Å². The monoisotopic (exact) mass is 292 g/mol. The van der Waals surface area contributed by atoms with Crippen molar-refractivity contribution in [3.63, 3.8) is 0 Å². The van der Waals surface area contributed by atoms with Gasteiger partial charge < -0.3 is 9.80 Å². The predicted octanol–water partition coefficient (Wildman–Crippen LogP) is 1.09. The van der Waals surface area contributed by atoms with Crippen LogP contribution in [0.15, 0.2) is 24.3 Å². The highest BCUT2D eigenvalue weighted by Gasteiger charge is 2.31. The lowest BCUT2D eigenvalue weighted by Crippen LogP contribution is -2.54. The first-order valence-electron chi connectivity index (χ1n) is 6.90. The van der Waals surface area contributed by atoms with E-state index in [1.54, 1.807) is 0 Å². The highest BCUT2D eigenvalue weighted by atomic mass is 19.1. The zero-order valence-corrected chi connectivity index (χ0v) is 11.8. The molecule has 0 radical (unpaired) electrons. The van der Waals surface area contributed by atoms with Crippen molar-refractivity contribution in [1.82, 2.24) is 9.80 Å². The van der Waals surface area contributed by atoms with Crippen LogP contribution in [0.25, 0.3) is 0 Å². The second-order valence-electron chi connectivity index (χ2n) is 4.86. The number of carbonyl (C=O) groups is 3. The summed E-state index contributed by atoms with van der Waals surface area (Å²) in [5.74, 6) is -1.65. The molecule has 1 aliphatic rings. The molecule has 1 aliphatic heterocycles. The highest BCUT2D eigenvalue weighted by molar-refractivity contribution is 6.35. The smallest absolute Gasteiger partial charge is 0.312 e. The molecule has 0 N–H and O–H groups in total. The molecule has 0 saturated carbocycles. The van der Waals surface area contributed by atoms with Gasteiger partial charge in [0.25, 0.3) is 0 Å². The van der Waals surface area contributed by atoms with E-state index in [0.29, 0.717) is 25.2 Å². The van der Waals surface area contributed by atoms with Gasteiger partial charge in [-0.2, -0.15) is 0 Å². The van der Waals surface area contributed by atoms with Gasteiger partial charge in [0.1, 0.15) is 5.82 Å². The summed E-state index contributed by atoms with van der Waals surface area (Å²) in [7, 11) is 0. The Morgan fingerprint density at radius 1 is 1.10 bits per heavy atom. The standard InChI is InChI=1S/C15H17FN2O3/c1-2-17-9-10-18(15(21)14(17)20)8-7-13(19)11-3-5-12(16)6-4-11/h3-6H,2,7-10H2,1H3. The van der Waals surface area contributed by atoms with Crippen LogP contribution >= 0.6 is 0 Å². The van der Waals surface area contributed by atoms with Crippen LogP contribution in [0.5, 0.6) is 0 Å². The maximum absolute atomic E-state index is 12.8. The summed E-state index contributed by atoms with van der Waals surface area (Å²) in [5, 5.41) is 0. The normalized spacial score (nSPS) is 15.5. The fourth-order valence-corrected chi connectivity index (χ4v) is 2.25. The molecule has 21 heavy (non-hydrogen) atoms. The number of nitrogens with zero attached hydrogens (tertiary/aromatic N) is 2. The number of carbonyl (C=O) groups excluding carboxylic acids is 3. The third-order valence-corrected chi connectivity index (χ3v) is 3.55.